The minimum atomic E-state index is -0.442. The molecule has 0 radical (unpaired) electrons. The van der Waals surface area contributed by atoms with Gasteiger partial charge in [-0.05, 0) is 62.1 Å². The first-order valence-corrected chi connectivity index (χ1v) is 8.19. The van der Waals surface area contributed by atoms with Crippen LogP contribution in [0.15, 0.2) is 42.5 Å². The Morgan fingerprint density at radius 1 is 1.18 bits per heavy atom. The van der Waals surface area contributed by atoms with Gasteiger partial charge < -0.3 is 4.74 Å². The zero-order chi connectivity index (χ0) is 15.2. The lowest BCUT2D eigenvalue weighted by Crippen LogP contribution is -2.50. The van der Waals surface area contributed by atoms with Crippen molar-refractivity contribution in [3.05, 3.63) is 48.0 Å². The van der Waals surface area contributed by atoms with Gasteiger partial charge in [-0.1, -0.05) is 24.3 Å². The van der Waals surface area contributed by atoms with Crippen LogP contribution in [0.4, 0.5) is 0 Å². The molecule has 0 amide bonds. The summed E-state index contributed by atoms with van der Waals surface area (Å²) in [5.41, 5.74) is 0.122. The third kappa shape index (κ3) is 1.95. The number of ether oxygens (including phenoxy) is 1. The number of fused-ring (bicyclic) bond motifs is 1. The minimum Gasteiger partial charge on any atom is -0.458 e. The molecule has 0 saturated heterocycles. The first-order chi connectivity index (χ1) is 10.7. The summed E-state index contributed by atoms with van der Waals surface area (Å²) in [5, 5.41) is 0. The maximum atomic E-state index is 12.7. The summed E-state index contributed by atoms with van der Waals surface area (Å²) in [4.78, 5) is 25.1. The summed E-state index contributed by atoms with van der Waals surface area (Å²) in [6, 6.07) is 9.07. The molecular weight excluding hydrogens is 276 g/mol. The van der Waals surface area contributed by atoms with Crippen molar-refractivity contribution in [1.82, 2.24) is 0 Å². The molecule has 0 unspecified atom stereocenters. The van der Waals surface area contributed by atoms with Gasteiger partial charge in [0.05, 0.1) is 11.0 Å². The lowest BCUT2D eigenvalue weighted by atomic mass is 9.63. The van der Waals surface area contributed by atoms with Crippen molar-refractivity contribution in [1.29, 1.82) is 0 Å². The number of ketones is 1. The summed E-state index contributed by atoms with van der Waals surface area (Å²) in [6.07, 6.45) is 8.40. The van der Waals surface area contributed by atoms with Crippen LogP contribution in [0.2, 0.25) is 0 Å². The molecule has 4 rings (SSSR count). The van der Waals surface area contributed by atoms with E-state index in [4.69, 9.17) is 4.74 Å². The van der Waals surface area contributed by atoms with Crippen LogP contribution in [0, 0.1) is 17.3 Å². The molecule has 3 heteroatoms. The number of hydrogen-bond donors (Lipinski definition) is 0. The Labute approximate surface area is 130 Å². The van der Waals surface area contributed by atoms with Crippen LogP contribution in [0.25, 0.3) is 0 Å². The van der Waals surface area contributed by atoms with Crippen molar-refractivity contribution in [3.8, 4) is 0 Å². The van der Waals surface area contributed by atoms with Crippen molar-refractivity contribution in [2.45, 2.75) is 38.2 Å². The number of benzene rings is 1. The summed E-state index contributed by atoms with van der Waals surface area (Å²) in [7, 11) is 0. The third-order valence-electron chi connectivity index (χ3n) is 5.75. The molecule has 4 atom stereocenters. The number of carbonyl (C=O) groups is 2. The molecule has 0 aromatic heterocycles. The largest absolute Gasteiger partial charge is 0.458 e. The molecule has 3 nitrogen and oxygen atoms in total. The van der Waals surface area contributed by atoms with Gasteiger partial charge in [-0.2, -0.15) is 0 Å². The van der Waals surface area contributed by atoms with Crippen LogP contribution in [0.1, 0.15) is 42.5 Å². The molecule has 1 aromatic rings. The normalized spacial score (nSPS) is 36.0. The van der Waals surface area contributed by atoms with Gasteiger partial charge in [-0.3, -0.25) is 4.79 Å². The number of esters is 1. The molecule has 22 heavy (non-hydrogen) atoms. The van der Waals surface area contributed by atoms with Crippen LogP contribution in [0.5, 0.6) is 0 Å². The highest BCUT2D eigenvalue weighted by atomic mass is 16.5. The molecule has 0 aliphatic heterocycles. The summed E-state index contributed by atoms with van der Waals surface area (Å²) >= 11 is 0. The van der Waals surface area contributed by atoms with Gasteiger partial charge in [0.2, 0.25) is 0 Å². The Hall–Kier alpha value is -1.90. The Kier molecular flexibility index (Phi) is 3.17. The van der Waals surface area contributed by atoms with E-state index in [0.717, 1.165) is 32.1 Å². The standard InChI is InChI=1S/C19H20O3/c20-16-10-9-13-11-15-7-4-8-17(19(15,16)12-13)22-18(21)14-5-2-1-3-6-14/h1-3,5-6,9-10,13,15,17H,4,7-8,11-12H2/t13-,15+,17-,19+/m0/s1. The Bertz CT molecular complexity index is 633. The van der Waals surface area contributed by atoms with E-state index >= 15 is 0 Å². The molecule has 0 N–H and O–H groups in total. The predicted octanol–water partition coefficient (Wildman–Crippen LogP) is 3.55. The van der Waals surface area contributed by atoms with Crippen LogP contribution >= 0.6 is 0 Å². The highest BCUT2D eigenvalue weighted by Gasteiger charge is 2.59. The quantitative estimate of drug-likeness (QED) is 0.784. The molecule has 1 spiro atoms. The molecule has 0 heterocycles. The third-order valence-corrected chi connectivity index (χ3v) is 5.75. The van der Waals surface area contributed by atoms with Gasteiger partial charge >= 0.3 is 5.97 Å². The molecule has 2 saturated carbocycles. The van der Waals surface area contributed by atoms with Crippen LogP contribution in [-0.4, -0.2) is 17.9 Å². The monoisotopic (exact) mass is 296 g/mol. The van der Waals surface area contributed by atoms with E-state index in [1.54, 1.807) is 18.2 Å². The first-order valence-electron chi connectivity index (χ1n) is 8.19. The van der Waals surface area contributed by atoms with Crippen LogP contribution in [-0.2, 0) is 9.53 Å². The van der Waals surface area contributed by atoms with Gasteiger partial charge in [-0.25, -0.2) is 4.79 Å². The van der Waals surface area contributed by atoms with E-state index in [9.17, 15) is 9.59 Å². The van der Waals surface area contributed by atoms with E-state index in [1.807, 2.05) is 18.2 Å². The summed E-state index contributed by atoms with van der Waals surface area (Å²) < 4.78 is 5.84. The highest BCUT2D eigenvalue weighted by Crippen LogP contribution is 2.58. The predicted molar refractivity (Wildman–Crippen MR) is 82.3 cm³/mol. The van der Waals surface area contributed by atoms with Crippen LogP contribution in [0.3, 0.4) is 0 Å². The topological polar surface area (TPSA) is 43.4 Å². The van der Waals surface area contributed by atoms with E-state index in [1.165, 1.54) is 0 Å². The van der Waals surface area contributed by atoms with Crippen molar-refractivity contribution in [2.75, 3.05) is 0 Å². The van der Waals surface area contributed by atoms with Crippen LogP contribution < -0.4 is 0 Å². The smallest absolute Gasteiger partial charge is 0.338 e. The van der Waals surface area contributed by atoms with E-state index in [-0.39, 0.29) is 17.9 Å². The fourth-order valence-corrected chi connectivity index (χ4v) is 4.76. The first kappa shape index (κ1) is 13.7. The van der Waals surface area contributed by atoms with E-state index < -0.39 is 5.41 Å². The zero-order valence-electron chi connectivity index (χ0n) is 12.5. The SMILES string of the molecule is O=C(O[C@H]1CCC[C@@H]2C[C@@H]3C=CC(=O)[C@@]21C3)c1ccccc1. The number of hydrogen-bond acceptors (Lipinski definition) is 3. The molecule has 2 fully saturated rings. The van der Waals surface area contributed by atoms with Crippen molar-refractivity contribution in [2.24, 2.45) is 17.3 Å². The molecule has 3 aliphatic carbocycles. The minimum absolute atomic E-state index is 0.178. The zero-order valence-corrected chi connectivity index (χ0v) is 12.5. The van der Waals surface area contributed by atoms with Crippen molar-refractivity contribution >= 4 is 11.8 Å². The van der Waals surface area contributed by atoms with Gasteiger partial charge in [0.25, 0.3) is 0 Å². The van der Waals surface area contributed by atoms with E-state index in [2.05, 4.69) is 6.08 Å². The average Bonchev–Trinajstić information content (AvgIpc) is 2.88. The Balaban J connectivity index is 1.62. The lowest BCUT2D eigenvalue weighted by molar-refractivity contribution is -0.139. The number of rotatable bonds is 2. The molecule has 3 aliphatic rings. The second kappa shape index (κ2) is 5.08. The van der Waals surface area contributed by atoms with Crippen molar-refractivity contribution in [3.63, 3.8) is 0 Å². The van der Waals surface area contributed by atoms with Crippen molar-refractivity contribution < 1.29 is 14.3 Å². The maximum Gasteiger partial charge on any atom is 0.338 e. The average molecular weight is 296 g/mol. The molecule has 114 valence electrons. The molecular formula is C19H20O3. The second-order valence-electron chi connectivity index (χ2n) is 6.85. The van der Waals surface area contributed by atoms with Gasteiger partial charge in [0.1, 0.15) is 6.10 Å². The van der Waals surface area contributed by atoms with Gasteiger partial charge in [-0.15, -0.1) is 0 Å². The fourth-order valence-electron chi connectivity index (χ4n) is 4.76. The summed E-state index contributed by atoms with van der Waals surface area (Å²) in [5.74, 6) is 0.740. The molecule has 2 bridgehead atoms. The maximum absolute atomic E-state index is 12.7. The fraction of sp³-hybridized carbons (Fsp3) is 0.474. The highest BCUT2D eigenvalue weighted by molar-refractivity contribution is 5.98. The Morgan fingerprint density at radius 2 is 2.00 bits per heavy atom. The van der Waals surface area contributed by atoms with Gasteiger partial charge in [0.15, 0.2) is 5.78 Å². The lowest BCUT2D eigenvalue weighted by Gasteiger charge is -2.44. The molecule has 1 aromatic carbocycles. The summed E-state index contributed by atoms with van der Waals surface area (Å²) in [6.45, 7) is 0. The number of allylic oxidation sites excluding steroid dienone is 2. The second-order valence-corrected chi connectivity index (χ2v) is 6.85. The van der Waals surface area contributed by atoms with Gasteiger partial charge in [0, 0.05) is 0 Å². The number of carbonyl (C=O) groups excluding carboxylic acids is 2. The Morgan fingerprint density at radius 3 is 2.82 bits per heavy atom. The van der Waals surface area contributed by atoms with E-state index in [0.29, 0.717) is 17.4 Å².